The summed E-state index contributed by atoms with van der Waals surface area (Å²) >= 11 is 0. The van der Waals surface area contributed by atoms with E-state index in [0.29, 0.717) is 11.8 Å². The number of carbonyl (C=O) groups excluding carboxylic acids is 1. The Balaban J connectivity index is 1.73. The predicted octanol–water partition coefficient (Wildman–Crippen LogP) is 0.854. The van der Waals surface area contributed by atoms with Gasteiger partial charge in [0.1, 0.15) is 0 Å². The summed E-state index contributed by atoms with van der Waals surface area (Å²) < 4.78 is 0. The third-order valence-corrected chi connectivity index (χ3v) is 3.33. The Morgan fingerprint density at radius 3 is 2.86 bits per heavy atom. The molecular weight excluding hydrogens is 176 g/mol. The van der Waals surface area contributed by atoms with Crippen LogP contribution < -0.4 is 5.32 Å². The number of likely N-dealkylation sites (tertiary alicyclic amines) is 1. The zero-order chi connectivity index (χ0) is 9.97. The summed E-state index contributed by atoms with van der Waals surface area (Å²) in [6, 6.07) is 0. The van der Waals surface area contributed by atoms with Crippen LogP contribution in [-0.4, -0.2) is 37.5 Å². The van der Waals surface area contributed by atoms with Crippen molar-refractivity contribution in [3.63, 3.8) is 0 Å². The molecule has 1 unspecified atom stereocenters. The van der Waals surface area contributed by atoms with Crippen molar-refractivity contribution in [1.29, 1.82) is 0 Å². The molecule has 80 valence electrons. The molecule has 0 bridgehead atoms. The molecule has 0 aromatic carbocycles. The Kier molecular flexibility index (Phi) is 3.06. The van der Waals surface area contributed by atoms with E-state index in [4.69, 9.17) is 0 Å². The van der Waals surface area contributed by atoms with E-state index in [-0.39, 0.29) is 0 Å². The molecule has 1 aliphatic heterocycles. The highest BCUT2D eigenvalue weighted by atomic mass is 16.2. The van der Waals surface area contributed by atoms with Gasteiger partial charge in [-0.15, -0.1) is 0 Å². The molecule has 2 fully saturated rings. The third-order valence-electron chi connectivity index (χ3n) is 3.33. The second kappa shape index (κ2) is 4.30. The van der Waals surface area contributed by atoms with Gasteiger partial charge in [-0.05, 0) is 45.2 Å². The van der Waals surface area contributed by atoms with Crippen molar-refractivity contribution in [2.45, 2.75) is 25.7 Å². The summed E-state index contributed by atoms with van der Waals surface area (Å²) in [5.74, 6) is 1.57. The van der Waals surface area contributed by atoms with E-state index in [9.17, 15) is 4.79 Å². The number of amides is 1. The lowest BCUT2D eigenvalue weighted by atomic mass is 10.1. The second-order valence-electron chi connectivity index (χ2n) is 4.61. The largest absolute Gasteiger partial charge is 0.342 e. The maximum Gasteiger partial charge on any atom is 0.225 e. The molecule has 1 saturated heterocycles. The van der Waals surface area contributed by atoms with Crippen LogP contribution in [0.1, 0.15) is 25.7 Å². The van der Waals surface area contributed by atoms with Crippen LogP contribution in [0.15, 0.2) is 0 Å². The van der Waals surface area contributed by atoms with E-state index >= 15 is 0 Å². The third kappa shape index (κ3) is 2.27. The fraction of sp³-hybridized carbons (Fsp3) is 0.909. The van der Waals surface area contributed by atoms with Crippen molar-refractivity contribution in [1.82, 2.24) is 10.2 Å². The minimum Gasteiger partial charge on any atom is -0.342 e. The van der Waals surface area contributed by atoms with Crippen molar-refractivity contribution in [2.75, 3.05) is 26.7 Å². The normalized spacial score (nSPS) is 26.9. The van der Waals surface area contributed by atoms with Crippen LogP contribution in [0.4, 0.5) is 0 Å². The number of nitrogens with one attached hydrogen (secondary N) is 1. The maximum absolute atomic E-state index is 11.7. The van der Waals surface area contributed by atoms with Crippen LogP contribution in [0.2, 0.25) is 0 Å². The van der Waals surface area contributed by atoms with Crippen LogP contribution in [-0.2, 0) is 4.79 Å². The van der Waals surface area contributed by atoms with Gasteiger partial charge < -0.3 is 10.2 Å². The van der Waals surface area contributed by atoms with Gasteiger partial charge in [-0.3, -0.25) is 4.79 Å². The van der Waals surface area contributed by atoms with Crippen LogP contribution in [0, 0.1) is 11.8 Å². The molecule has 1 aliphatic carbocycles. The smallest absolute Gasteiger partial charge is 0.225 e. The first-order valence-corrected chi connectivity index (χ1v) is 5.74. The highest BCUT2D eigenvalue weighted by Gasteiger charge is 2.36. The molecular formula is C11H20N2O. The molecule has 1 atom stereocenters. The number of hydrogen-bond acceptors (Lipinski definition) is 2. The van der Waals surface area contributed by atoms with Crippen LogP contribution >= 0.6 is 0 Å². The quantitative estimate of drug-likeness (QED) is 0.723. The van der Waals surface area contributed by atoms with Crippen LogP contribution in [0.3, 0.4) is 0 Å². The summed E-state index contributed by atoms with van der Waals surface area (Å²) in [5, 5.41) is 3.17. The molecule has 1 heterocycles. The fourth-order valence-corrected chi connectivity index (χ4v) is 2.21. The van der Waals surface area contributed by atoms with E-state index in [1.54, 1.807) is 0 Å². The van der Waals surface area contributed by atoms with Gasteiger partial charge in [-0.1, -0.05) is 0 Å². The van der Waals surface area contributed by atoms with Crippen molar-refractivity contribution in [3.05, 3.63) is 0 Å². The topological polar surface area (TPSA) is 32.3 Å². The van der Waals surface area contributed by atoms with Gasteiger partial charge in [0, 0.05) is 19.0 Å². The van der Waals surface area contributed by atoms with Gasteiger partial charge in [-0.25, -0.2) is 0 Å². The first-order valence-electron chi connectivity index (χ1n) is 5.74. The van der Waals surface area contributed by atoms with Crippen molar-refractivity contribution in [2.24, 2.45) is 11.8 Å². The highest BCUT2D eigenvalue weighted by molar-refractivity contribution is 5.81. The number of nitrogens with zero attached hydrogens (tertiary/aromatic N) is 1. The zero-order valence-corrected chi connectivity index (χ0v) is 8.96. The molecule has 0 aromatic rings. The Hall–Kier alpha value is -0.570. The van der Waals surface area contributed by atoms with Crippen LogP contribution in [0.5, 0.6) is 0 Å². The Morgan fingerprint density at radius 2 is 2.21 bits per heavy atom. The molecule has 0 radical (unpaired) electrons. The molecule has 0 spiro atoms. The molecule has 3 heteroatoms. The summed E-state index contributed by atoms with van der Waals surface area (Å²) in [6.07, 6.45) is 4.69. The van der Waals surface area contributed by atoms with Crippen molar-refractivity contribution >= 4 is 5.91 Å². The first-order chi connectivity index (χ1) is 6.81. The van der Waals surface area contributed by atoms with Gasteiger partial charge in [0.15, 0.2) is 0 Å². The van der Waals surface area contributed by atoms with Gasteiger partial charge >= 0.3 is 0 Å². The summed E-state index contributed by atoms with van der Waals surface area (Å²) in [7, 11) is 1.99. The molecule has 1 N–H and O–H groups in total. The monoisotopic (exact) mass is 196 g/mol. The Bertz CT molecular complexity index is 213. The molecule has 3 nitrogen and oxygen atoms in total. The van der Waals surface area contributed by atoms with E-state index < -0.39 is 0 Å². The van der Waals surface area contributed by atoms with E-state index in [2.05, 4.69) is 10.2 Å². The molecule has 1 amide bonds. The lowest BCUT2D eigenvalue weighted by molar-refractivity contribution is -0.131. The predicted molar refractivity (Wildman–Crippen MR) is 56.0 cm³/mol. The van der Waals surface area contributed by atoms with Gasteiger partial charge in [-0.2, -0.15) is 0 Å². The minimum atomic E-state index is 0.401. The van der Waals surface area contributed by atoms with Gasteiger partial charge in [0.05, 0.1) is 0 Å². The first kappa shape index (κ1) is 9.97. The molecule has 14 heavy (non-hydrogen) atoms. The van der Waals surface area contributed by atoms with Crippen LogP contribution in [0.25, 0.3) is 0 Å². The van der Waals surface area contributed by atoms with E-state index in [0.717, 1.165) is 38.4 Å². The molecule has 1 saturated carbocycles. The Morgan fingerprint density at radius 1 is 1.43 bits per heavy atom. The number of hydrogen-bond donors (Lipinski definition) is 1. The Labute approximate surface area is 85.8 Å². The van der Waals surface area contributed by atoms with E-state index in [1.807, 2.05) is 7.05 Å². The lowest BCUT2D eigenvalue weighted by Crippen LogP contribution is -2.30. The zero-order valence-electron chi connectivity index (χ0n) is 8.96. The second-order valence-corrected chi connectivity index (χ2v) is 4.61. The average molecular weight is 196 g/mol. The highest BCUT2D eigenvalue weighted by Crippen LogP contribution is 2.33. The summed E-state index contributed by atoms with van der Waals surface area (Å²) in [4.78, 5) is 13.8. The number of carbonyl (C=O) groups is 1. The van der Waals surface area contributed by atoms with E-state index in [1.165, 1.54) is 12.8 Å². The standard InChI is InChI=1S/C11H20N2O/c1-12-6-4-9-5-7-13(8-9)11(14)10-2-3-10/h9-10,12H,2-8H2,1H3. The van der Waals surface area contributed by atoms with Crippen molar-refractivity contribution < 1.29 is 4.79 Å². The molecule has 2 rings (SSSR count). The summed E-state index contributed by atoms with van der Waals surface area (Å²) in [6.45, 7) is 3.09. The fourth-order valence-electron chi connectivity index (χ4n) is 2.21. The maximum atomic E-state index is 11.7. The molecule has 2 aliphatic rings. The SMILES string of the molecule is CNCCC1CCN(C(=O)C2CC2)C1. The minimum absolute atomic E-state index is 0.401. The lowest BCUT2D eigenvalue weighted by Gasteiger charge is -2.16. The van der Waals surface area contributed by atoms with Gasteiger partial charge in [0.2, 0.25) is 5.91 Å². The summed E-state index contributed by atoms with van der Waals surface area (Å²) in [5.41, 5.74) is 0. The van der Waals surface area contributed by atoms with Crippen molar-refractivity contribution in [3.8, 4) is 0 Å². The van der Waals surface area contributed by atoms with Gasteiger partial charge in [0.25, 0.3) is 0 Å². The average Bonchev–Trinajstić information content (AvgIpc) is 2.94. The molecule has 0 aromatic heterocycles. The number of rotatable bonds is 4.